The molecule has 1 aromatic heterocycles. The molecule has 0 saturated carbocycles. The fraction of sp³-hybridized carbons (Fsp3) is 0.143. The van der Waals surface area contributed by atoms with Gasteiger partial charge in [-0.2, -0.15) is 0 Å². The molecule has 0 unspecified atom stereocenters. The number of aromatic nitrogens is 1. The summed E-state index contributed by atoms with van der Waals surface area (Å²) in [6.07, 6.45) is 4.18. The quantitative estimate of drug-likeness (QED) is 0.792. The highest BCUT2D eigenvalue weighted by Gasteiger charge is 2.08. The van der Waals surface area contributed by atoms with Crippen LogP contribution in [-0.2, 0) is 16.0 Å². The zero-order valence-corrected chi connectivity index (χ0v) is 10.8. The van der Waals surface area contributed by atoms with Crippen LogP contribution in [0.5, 0.6) is 0 Å². The van der Waals surface area contributed by atoms with E-state index in [1.807, 2.05) is 42.5 Å². The lowest BCUT2D eigenvalue weighted by Crippen LogP contribution is -2.03. The highest BCUT2D eigenvalue weighted by molar-refractivity contribution is 7.09. The molecular weight excluding hydrogens is 246 g/mol. The van der Waals surface area contributed by atoms with Gasteiger partial charge in [-0.25, -0.2) is 4.98 Å². The molecule has 3 nitrogen and oxygen atoms in total. The molecule has 1 aromatic carbocycles. The molecular formula is C14H13NO2S. The van der Waals surface area contributed by atoms with E-state index >= 15 is 0 Å². The summed E-state index contributed by atoms with van der Waals surface area (Å²) in [7, 11) is 1.39. The monoisotopic (exact) mass is 259 g/mol. The van der Waals surface area contributed by atoms with Crippen molar-refractivity contribution in [1.29, 1.82) is 0 Å². The highest BCUT2D eigenvalue weighted by Crippen LogP contribution is 2.17. The number of methoxy groups -OCH3 is 1. The Morgan fingerprint density at radius 2 is 2.11 bits per heavy atom. The number of nitrogens with zero attached hydrogens (tertiary/aromatic N) is 1. The number of carbonyl (C=O) groups is 1. The first kappa shape index (κ1) is 12.5. The summed E-state index contributed by atoms with van der Waals surface area (Å²) in [5.41, 5.74) is 3.67. The summed E-state index contributed by atoms with van der Waals surface area (Å²) in [4.78, 5) is 16.4. The predicted molar refractivity (Wildman–Crippen MR) is 73.2 cm³/mol. The van der Waals surface area contributed by atoms with Crippen LogP contribution in [0.3, 0.4) is 0 Å². The van der Waals surface area contributed by atoms with Crippen molar-refractivity contribution in [2.45, 2.75) is 6.42 Å². The Labute approximate surface area is 110 Å². The van der Waals surface area contributed by atoms with Crippen LogP contribution in [0.4, 0.5) is 0 Å². The lowest BCUT2D eigenvalue weighted by molar-refractivity contribution is -0.139. The zero-order valence-electron chi connectivity index (χ0n) is 10.00. The van der Waals surface area contributed by atoms with Gasteiger partial charge in [-0.1, -0.05) is 36.4 Å². The third kappa shape index (κ3) is 3.28. The average Bonchev–Trinajstić information content (AvgIpc) is 2.84. The molecule has 0 N–H and O–H groups in total. The standard InChI is InChI=1S/C14H13NO2S/c1-17-14(16)9-13-12(15-10-18-13)8-7-11-5-3-2-4-6-11/h2-8,10H,9H2,1H3. The van der Waals surface area contributed by atoms with E-state index in [1.54, 1.807) is 5.51 Å². The molecule has 0 aliphatic heterocycles. The summed E-state index contributed by atoms with van der Waals surface area (Å²) in [6, 6.07) is 9.97. The van der Waals surface area contributed by atoms with Gasteiger partial charge in [0.25, 0.3) is 0 Å². The molecule has 2 aromatic rings. The Morgan fingerprint density at radius 3 is 2.83 bits per heavy atom. The van der Waals surface area contributed by atoms with Crippen molar-refractivity contribution in [3.05, 3.63) is 52.0 Å². The number of hydrogen-bond acceptors (Lipinski definition) is 4. The lowest BCUT2D eigenvalue weighted by Gasteiger charge is -1.97. The normalized spacial score (nSPS) is 10.7. The van der Waals surface area contributed by atoms with Gasteiger partial charge < -0.3 is 4.74 Å². The van der Waals surface area contributed by atoms with E-state index < -0.39 is 0 Å². The van der Waals surface area contributed by atoms with Gasteiger partial charge in [0.05, 0.1) is 24.7 Å². The van der Waals surface area contributed by atoms with Crippen LogP contribution >= 0.6 is 11.3 Å². The minimum atomic E-state index is -0.242. The second kappa shape index (κ2) is 6.12. The van der Waals surface area contributed by atoms with Gasteiger partial charge in [0, 0.05) is 4.88 Å². The molecule has 4 heteroatoms. The van der Waals surface area contributed by atoms with Gasteiger partial charge in [0.1, 0.15) is 0 Å². The molecule has 0 aliphatic rings. The first-order valence-corrected chi connectivity index (χ1v) is 6.40. The zero-order chi connectivity index (χ0) is 12.8. The van der Waals surface area contributed by atoms with Gasteiger partial charge in [-0.3, -0.25) is 4.79 Å². The molecule has 0 spiro atoms. The highest BCUT2D eigenvalue weighted by atomic mass is 32.1. The summed E-state index contributed by atoms with van der Waals surface area (Å²) < 4.78 is 4.66. The number of rotatable bonds is 4. The molecule has 0 amide bonds. The molecule has 2 rings (SSSR count). The van der Waals surface area contributed by atoms with E-state index in [0.29, 0.717) is 0 Å². The third-order valence-corrected chi connectivity index (χ3v) is 3.29. The average molecular weight is 259 g/mol. The molecule has 0 bridgehead atoms. The lowest BCUT2D eigenvalue weighted by atomic mass is 10.2. The minimum absolute atomic E-state index is 0.242. The van der Waals surface area contributed by atoms with Crippen molar-refractivity contribution in [3.63, 3.8) is 0 Å². The van der Waals surface area contributed by atoms with E-state index in [1.165, 1.54) is 18.4 Å². The van der Waals surface area contributed by atoms with Crippen LogP contribution in [0, 0.1) is 0 Å². The molecule has 0 fully saturated rings. The van der Waals surface area contributed by atoms with Crippen LogP contribution < -0.4 is 0 Å². The Bertz CT molecular complexity index is 546. The number of hydrogen-bond donors (Lipinski definition) is 0. The number of carbonyl (C=O) groups excluding carboxylic acids is 1. The molecule has 0 aliphatic carbocycles. The van der Waals surface area contributed by atoms with E-state index in [2.05, 4.69) is 9.72 Å². The summed E-state index contributed by atoms with van der Waals surface area (Å²) >= 11 is 1.47. The Hall–Kier alpha value is -1.94. The molecule has 0 atom stereocenters. The van der Waals surface area contributed by atoms with Crippen LogP contribution in [0.15, 0.2) is 35.8 Å². The van der Waals surface area contributed by atoms with E-state index in [4.69, 9.17) is 0 Å². The maximum absolute atomic E-state index is 11.2. The van der Waals surface area contributed by atoms with Crippen molar-refractivity contribution in [2.75, 3.05) is 7.11 Å². The van der Waals surface area contributed by atoms with Crippen molar-refractivity contribution in [3.8, 4) is 0 Å². The molecule has 0 saturated heterocycles. The van der Waals surface area contributed by atoms with Gasteiger partial charge in [-0.05, 0) is 11.6 Å². The fourth-order valence-electron chi connectivity index (χ4n) is 1.49. The van der Waals surface area contributed by atoms with Gasteiger partial charge in [-0.15, -0.1) is 11.3 Å². The summed E-state index contributed by atoms with van der Waals surface area (Å²) in [5, 5.41) is 0. The number of esters is 1. The van der Waals surface area contributed by atoms with Gasteiger partial charge in [0.2, 0.25) is 0 Å². The minimum Gasteiger partial charge on any atom is -0.469 e. The van der Waals surface area contributed by atoms with Crippen molar-refractivity contribution in [2.24, 2.45) is 0 Å². The topological polar surface area (TPSA) is 39.2 Å². The molecule has 0 radical (unpaired) electrons. The smallest absolute Gasteiger partial charge is 0.310 e. The Morgan fingerprint density at radius 1 is 1.33 bits per heavy atom. The van der Waals surface area contributed by atoms with Gasteiger partial charge >= 0.3 is 5.97 Å². The van der Waals surface area contributed by atoms with Crippen LogP contribution in [0.2, 0.25) is 0 Å². The first-order chi connectivity index (χ1) is 8.79. The van der Waals surface area contributed by atoms with E-state index in [-0.39, 0.29) is 12.4 Å². The maximum Gasteiger partial charge on any atom is 0.310 e. The number of benzene rings is 1. The second-order valence-electron chi connectivity index (χ2n) is 3.66. The van der Waals surface area contributed by atoms with Gasteiger partial charge in [0.15, 0.2) is 0 Å². The summed E-state index contributed by atoms with van der Waals surface area (Å²) in [6.45, 7) is 0. The van der Waals surface area contributed by atoms with Crippen molar-refractivity contribution in [1.82, 2.24) is 4.98 Å². The largest absolute Gasteiger partial charge is 0.469 e. The van der Waals surface area contributed by atoms with Crippen molar-refractivity contribution >= 4 is 29.5 Å². The molecule has 1 heterocycles. The van der Waals surface area contributed by atoms with Crippen LogP contribution in [-0.4, -0.2) is 18.1 Å². The van der Waals surface area contributed by atoms with Crippen molar-refractivity contribution < 1.29 is 9.53 Å². The van der Waals surface area contributed by atoms with Crippen LogP contribution in [0.25, 0.3) is 12.2 Å². The van der Waals surface area contributed by atoms with E-state index in [9.17, 15) is 4.79 Å². The Balaban J connectivity index is 2.13. The predicted octanol–water partition coefficient (Wildman–Crippen LogP) is 3.03. The number of ether oxygens (including phenoxy) is 1. The maximum atomic E-state index is 11.2. The van der Waals surface area contributed by atoms with Crippen LogP contribution in [0.1, 0.15) is 16.1 Å². The van der Waals surface area contributed by atoms with E-state index in [0.717, 1.165) is 16.1 Å². The summed E-state index contributed by atoms with van der Waals surface area (Å²) in [5.74, 6) is -0.242. The second-order valence-corrected chi connectivity index (χ2v) is 4.60. The number of thiazole rings is 1. The SMILES string of the molecule is COC(=O)Cc1scnc1C=Cc1ccccc1. The fourth-order valence-corrected chi connectivity index (χ4v) is 2.23. The first-order valence-electron chi connectivity index (χ1n) is 5.52. The molecule has 92 valence electrons. The Kier molecular flexibility index (Phi) is 4.25. The molecule has 18 heavy (non-hydrogen) atoms. The third-order valence-electron chi connectivity index (χ3n) is 2.44.